The predicted octanol–water partition coefficient (Wildman–Crippen LogP) is 16.1. The van der Waals surface area contributed by atoms with Gasteiger partial charge in [0.1, 0.15) is 11.2 Å². The summed E-state index contributed by atoms with van der Waals surface area (Å²) in [6.45, 7) is 0. The maximum absolute atomic E-state index is 7.25. The van der Waals surface area contributed by atoms with Crippen LogP contribution < -0.4 is 0 Å². The van der Waals surface area contributed by atoms with Gasteiger partial charge in [-0.15, -0.1) is 0 Å². The summed E-state index contributed by atoms with van der Waals surface area (Å²) in [5.41, 5.74) is 11.8. The maximum Gasteiger partial charge on any atom is 0.119 e. The fraction of sp³-hybridized carbons (Fsp3) is 0.226. The van der Waals surface area contributed by atoms with E-state index in [1.807, 2.05) is 36.4 Å². The van der Waals surface area contributed by atoms with Gasteiger partial charge in [-0.2, -0.15) is 0 Å². The molecule has 2 aliphatic heterocycles. The largest absolute Gasteiger partial charge is 0.361 e. The molecule has 0 radical (unpaired) electrons. The first-order chi connectivity index (χ1) is 33.1. The molecule has 68 heavy (non-hydrogen) atoms. The van der Waals surface area contributed by atoms with Crippen LogP contribution in [-0.2, 0) is 59.2 Å². The average molecular weight is 971 g/mol. The second kappa shape index (κ2) is 18.6. The summed E-state index contributed by atoms with van der Waals surface area (Å²) in [7, 11) is 0. The Balaban J connectivity index is 0.000000149. The van der Waals surface area contributed by atoms with Gasteiger partial charge in [0.15, 0.2) is 0 Å². The number of ether oxygens (including phenoxy) is 2. The van der Waals surface area contributed by atoms with Gasteiger partial charge >= 0.3 is 0 Å². The molecular formula is C62H52Cl4O2. The molecule has 340 valence electrons. The maximum atomic E-state index is 7.25. The van der Waals surface area contributed by atoms with Gasteiger partial charge in [-0.3, -0.25) is 0 Å². The van der Waals surface area contributed by atoms with Crippen LogP contribution in [0, 0.1) is 10.8 Å². The molecule has 8 aromatic rings. The first-order valence-electron chi connectivity index (χ1n) is 23.7. The third-order valence-electron chi connectivity index (χ3n) is 15.4. The monoisotopic (exact) mass is 968 g/mol. The van der Waals surface area contributed by atoms with Crippen molar-refractivity contribution in [1.29, 1.82) is 0 Å². The molecule has 0 saturated carbocycles. The molecule has 0 bridgehead atoms. The number of halogens is 4. The van der Waals surface area contributed by atoms with E-state index in [-0.39, 0.29) is 23.0 Å². The van der Waals surface area contributed by atoms with Gasteiger partial charge in [-0.25, -0.2) is 0 Å². The van der Waals surface area contributed by atoms with Crippen molar-refractivity contribution < 1.29 is 9.47 Å². The molecule has 0 N–H and O–H groups in total. The molecule has 0 amide bonds. The summed E-state index contributed by atoms with van der Waals surface area (Å²) in [4.78, 5) is 0. The number of hydrogen-bond donors (Lipinski definition) is 0. The summed E-state index contributed by atoms with van der Waals surface area (Å²) in [5.74, 6) is 0. The Morgan fingerprint density at radius 2 is 0.662 bits per heavy atom. The second-order valence-electron chi connectivity index (χ2n) is 19.6. The van der Waals surface area contributed by atoms with Crippen LogP contribution in [0.2, 0.25) is 20.1 Å². The molecule has 0 aromatic heterocycles. The highest BCUT2D eigenvalue weighted by Gasteiger charge is 2.60. The SMILES string of the molecule is Clc1ccc(C[C@@]23Cc4ccc(Cl)cc4C[C@@H]2OC(c2ccccc2)(c2ccccc2)C3)cc1.Clc1ccc(C[C@]23Cc4ccc(Cl)cc4C[C@H]2OC(c2ccccc2)(c2ccccc2)C3)cc1. The zero-order chi connectivity index (χ0) is 46.4. The molecule has 8 aromatic carbocycles. The summed E-state index contributed by atoms with van der Waals surface area (Å²) < 4.78 is 14.5. The molecule has 2 aliphatic carbocycles. The topological polar surface area (TPSA) is 18.5 Å². The molecule has 4 atom stereocenters. The predicted molar refractivity (Wildman–Crippen MR) is 279 cm³/mol. The van der Waals surface area contributed by atoms with Gasteiger partial charge in [-0.1, -0.05) is 204 Å². The van der Waals surface area contributed by atoms with Gasteiger partial charge in [0.05, 0.1) is 12.2 Å². The van der Waals surface area contributed by atoms with Crippen LogP contribution in [-0.4, -0.2) is 12.2 Å². The van der Waals surface area contributed by atoms with Crippen LogP contribution >= 0.6 is 46.4 Å². The lowest BCUT2D eigenvalue weighted by Crippen LogP contribution is -2.40. The zero-order valence-electron chi connectivity index (χ0n) is 37.8. The number of benzene rings is 8. The van der Waals surface area contributed by atoms with Crippen LogP contribution in [0.5, 0.6) is 0 Å². The number of hydrogen-bond acceptors (Lipinski definition) is 2. The van der Waals surface area contributed by atoms with E-state index in [1.54, 1.807) is 0 Å². The van der Waals surface area contributed by atoms with E-state index < -0.39 is 11.2 Å². The van der Waals surface area contributed by atoms with Gasteiger partial charge in [0.25, 0.3) is 0 Å². The lowest BCUT2D eigenvalue weighted by atomic mass is 9.63. The first kappa shape index (κ1) is 45.3. The third kappa shape index (κ3) is 8.63. The molecule has 0 spiro atoms. The number of fused-ring (bicyclic) bond motifs is 4. The highest BCUT2D eigenvalue weighted by atomic mass is 35.5. The van der Waals surface area contributed by atoms with E-state index in [1.165, 1.54) is 55.6 Å². The summed E-state index contributed by atoms with van der Waals surface area (Å²) in [6.07, 6.45) is 7.55. The second-order valence-corrected chi connectivity index (χ2v) is 21.3. The Morgan fingerprint density at radius 3 is 0.985 bits per heavy atom. The quantitative estimate of drug-likeness (QED) is 0.151. The number of rotatable bonds is 8. The Bertz CT molecular complexity index is 2730. The van der Waals surface area contributed by atoms with E-state index in [0.717, 1.165) is 71.5 Å². The molecule has 2 heterocycles. The molecule has 6 heteroatoms. The van der Waals surface area contributed by atoms with E-state index in [9.17, 15) is 0 Å². The van der Waals surface area contributed by atoms with Crippen LogP contribution in [0.15, 0.2) is 206 Å². The van der Waals surface area contributed by atoms with Crippen LogP contribution in [0.1, 0.15) is 68.5 Å². The Morgan fingerprint density at radius 1 is 0.353 bits per heavy atom. The fourth-order valence-electron chi connectivity index (χ4n) is 12.3. The molecule has 0 unspecified atom stereocenters. The molecule has 2 nitrogen and oxygen atoms in total. The van der Waals surface area contributed by atoms with Gasteiger partial charge in [0, 0.05) is 30.9 Å². The highest BCUT2D eigenvalue weighted by molar-refractivity contribution is 6.31. The third-order valence-corrected chi connectivity index (χ3v) is 16.4. The van der Waals surface area contributed by atoms with E-state index >= 15 is 0 Å². The van der Waals surface area contributed by atoms with Gasteiger partial charge in [-0.05, 0) is 156 Å². The normalized spacial score (nSPS) is 22.7. The van der Waals surface area contributed by atoms with Crippen molar-refractivity contribution >= 4 is 46.4 Å². The van der Waals surface area contributed by atoms with Crippen molar-refractivity contribution in [2.24, 2.45) is 10.8 Å². The molecular weight excluding hydrogens is 918 g/mol. The standard InChI is InChI=1S/2C31H26Cl2O/c2*32-27-14-11-22(12-15-27)19-30-20-23-13-16-28(33)17-24(23)18-29(30)34-31(21-30,25-7-3-1-4-8-25)26-9-5-2-6-10-26/h2*1-17,29H,18-21H2/t2*29-,30-/m10/s1. The van der Waals surface area contributed by atoms with Crippen molar-refractivity contribution in [3.8, 4) is 0 Å². The van der Waals surface area contributed by atoms with Crippen LogP contribution in [0.4, 0.5) is 0 Å². The van der Waals surface area contributed by atoms with E-state index in [4.69, 9.17) is 55.9 Å². The minimum Gasteiger partial charge on any atom is -0.361 e. The van der Waals surface area contributed by atoms with Gasteiger partial charge < -0.3 is 9.47 Å². The van der Waals surface area contributed by atoms with Crippen molar-refractivity contribution in [3.05, 3.63) is 282 Å². The average Bonchev–Trinajstić information content (AvgIpc) is 3.89. The fourth-order valence-corrected chi connectivity index (χ4v) is 13.0. The summed E-state index contributed by atoms with van der Waals surface area (Å²) >= 11 is 25.2. The lowest BCUT2D eigenvalue weighted by molar-refractivity contribution is -0.0366. The smallest absolute Gasteiger partial charge is 0.119 e. The minimum absolute atomic E-state index is 0.0413. The van der Waals surface area contributed by atoms with E-state index in [0.29, 0.717) is 0 Å². The van der Waals surface area contributed by atoms with Crippen LogP contribution in [0.3, 0.4) is 0 Å². The zero-order valence-corrected chi connectivity index (χ0v) is 40.8. The molecule has 2 saturated heterocycles. The minimum atomic E-state index is -0.495. The molecule has 12 rings (SSSR count). The Kier molecular flexibility index (Phi) is 12.4. The summed E-state index contributed by atoms with van der Waals surface area (Å²) in [6, 6.07) is 72.3. The Hall–Kier alpha value is -5.16. The van der Waals surface area contributed by atoms with Gasteiger partial charge in [0.2, 0.25) is 0 Å². The van der Waals surface area contributed by atoms with Crippen molar-refractivity contribution in [3.63, 3.8) is 0 Å². The van der Waals surface area contributed by atoms with Crippen molar-refractivity contribution in [2.75, 3.05) is 0 Å². The van der Waals surface area contributed by atoms with E-state index in [2.05, 4.69) is 170 Å². The molecule has 2 fully saturated rings. The highest BCUT2D eigenvalue weighted by Crippen LogP contribution is 2.60. The lowest BCUT2D eigenvalue weighted by Gasteiger charge is -2.39. The van der Waals surface area contributed by atoms with Crippen molar-refractivity contribution in [1.82, 2.24) is 0 Å². The summed E-state index contributed by atoms with van der Waals surface area (Å²) in [5, 5.41) is 3.12. The molecule has 4 aliphatic rings. The first-order valence-corrected chi connectivity index (χ1v) is 25.3. The Labute approximate surface area is 420 Å². The van der Waals surface area contributed by atoms with Crippen LogP contribution in [0.25, 0.3) is 0 Å². The van der Waals surface area contributed by atoms with Crippen molar-refractivity contribution in [2.45, 2.75) is 74.8 Å².